The molecule has 2 saturated heterocycles. The van der Waals surface area contributed by atoms with Gasteiger partial charge < -0.3 is 10.1 Å². The van der Waals surface area contributed by atoms with Gasteiger partial charge in [-0.1, -0.05) is 6.42 Å². The minimum Gasteiger partial charge on any atom is -0.380 e. The molecule has 2 aliphatic heterocycles. The molecule has 0 spiro atoms. The van der Waals surface area contributed by atoms with Crippen molar-refractivity contribution in [3.8, 4) is 0 Å². The third kappa shape index (κ3) is 3.50. The van der Waals surface area contributed by atoms with Crippen molar-refractivity contribution in [1.82, 2.24) is 10.2 Å². The predicted molar refractivity (Wildman–Crippen MR) is 87.8 cm³/mol. The monoisotopic (exact) mass is 330 g/mol. The van der Waals surface area contributed by atoms with E-state index in [-0.39, 0.29) is 5.25 Å². The molecule has 0 radical (unpaired) electrons. The van der Waals surface area contributed by atoms with Gasteiger partial charge in [0.25, 0.3) is 0 Å². The molecule has 3 rings (SSSR count). The first-order chi connectivity index (χ1) is 10.5. The van der Waals surface area contributed by atoms with E-state index < -0.39 is 9.84 Å². The molecule has 0 aromatic rings. The Bertz CT molecular complexity index is 482. The first kappa shape index (κ1) is 16.7. The summed E-state index contributed by atoms with van der Waals surface area (Å²) in [5.74, 6) is 0.346. The Morgan fingerprint density at radius 2 is 2.00 bits per heavy atom. The van der Waals surface area contributed by atoms with E-state index in [1.54, 1.807) is 0 Å². The molecule has 0 amide bonds. The maximum Gasteiger partial charge on any atom is 0.153 e. The molecule has 1 aliphatic carbocycles. The third-order valence-corrected chi connectivity index (χ3v) is 8.11. The van der Waals surface area contributed by atoms with Crippen molar-refractivity contribution in [3.63, 3.8) is 0 Å². The van der Waals surface area contributed by atoms with E-state index in [0.717, 1.165) is 32.4 Å². The van der Waals surface area contributed by atoms with Crippen LogP contribution in [0.15, 0.2) is 0 Å². The lowest BCUT2D eigenvalue weighted by Gasteiger charge is -2.35. The number of methoxy groups -OCH3 is 1. The highest BCUT2D eigenvalue weighted by atomic mass is 32.2. The van der Waals surface area contributed by atoms with Crippen LogP contribution in [0.3, 0.4) is 0 Å². The van der Waals surface area contributed by atoms with E-state index in [1.807, 2.05) is 14.0 Å². The van der Waals surface area contributed by atoms with Gasteiger partial charge in [-0.3, -0.25) is 4.90 Å². The second-order valence-electron chi connectivity index (χ2n) is 7.31. The lowest BCUT2D eigenvalue weighted by Crippen LogP contribution is -2.52. The molecule has 3 unspecified atom stereocenters. The van der Waals surface area contributed by atoms with Gasteiger partial charge in [-0.25, -0.2) is 8.42 Å². The molecule has 6 heteroatoms. The summed E-state index contributed by atoms with van der Waals surface area (Å²) in [4.78, 5) is 2.59. The number of nitrogens with one attached hydrogen (secondary N) is 1. The number of hydrogen-bond donors (Lipinski definition) is 1. The molecule has 5 atom stereocenters. The van der Waals surface area contributed by atoms with Crippen molar-refractivity contribution in [2.45, 2.75) is 74.9 Å². The summed E-state index contributed by atoms with van der Waals surface area (Å²) < 4.78 is 29.2. The topological polar surface area (TPSA) is 58.6 Å². The smallest absolute Gasteiger partial charge is 0.153 e. The maximum atomic E-state index is 11.9. The minimum atomic E-state index is -2.83. The van der Waals surface area contributed by atoms with Crippen LogP contribution in [-0.2, 0) is 14.6 Å². The highest BCUT2D eigenvalue weighted by Gasteiger charge is 2.38. The van der Waals surface area contributed by atoms with E-state index >= 15 is 0 Å². The van der Waals surface area contributed by atoms with Gasteiger partial charge in [-0.2, -0.15) is 0 Å². The predicted octanol–water partition coefficient (Wildman–Crippen LogP) is 1.18. The van der Waals surface area contributed by atoms with Crippen LogP contribution < -0.4 is 5.32 Å². The van der Waals surface area contributed by atoms with Crippen LogP contribution in [0, 0.1) is 0 Å². The number of rotatable bonds is 4. The summed E-state index contributed by atoms with van der Waals surface area (Å²) in [5, 5.41) is 3.61. The van der Waals surface area contributed by atoms with Crippen molar-refractivity contribution in [1.29, 1.82) is 0 Å². The Morgan fingerprint density at radius 3 is 2.68 bits per heavy atom. The van der Waals surface area contributed by atoms with Crippen LogP contribution in [0.5, 0.6) is 0 Å². The largest absolute Gasteiger partial charge is 0.380 e. The summed E-state index contributed by atoms with van der Waals surface area (Å²) in [7, 11) is -1.03. The van der Waals surface area contributed by atoms with E-state index in [1.165, 1.54) is 19.3 Å². The van der Waals surface area contributed by atoms with Gasteiger partial charge in [0.2, 0.25) is 0 Å². The van der Waals surface area contributed by atoms with Crippen LogP contribution in [0.2, 0.25) is 0 Å². The summed E-state index contributed by atoms with van der Waals surface area (Å²) in [6.45, 7) is 4.05. The average molecular weight is 330 g/mol. The van der Waals surface area contributed by atoms with E-state index in [4.69, 9.17) is 4.74 Å². The summed E-state index contributed by atoms with van der Waals surface area (Å²) in [5.41, 5.74) is 0. The van der Waals surface area contributed by atoms with E-state index in [0.29, 0.717) is 30.0 Å². The minimum absolute atomic E-state index is 0.191. The fourth-order valence-corrected chi connectivity index (χ4v) is 5.99. The molecular formula is C16H30N2O3S. The van der Waals surface area contributed by atoms with Crippen LogP contribution in [-0.4, -0.2) is 68.7 Å². The first-order valence-corrected chi connectivity index (χ1v) is 10.5. The zero-order chi connectivity index (χ0) is 15.7. The van der Waals surface area contributed by atoms with Gasteiger partial charge in [0, 0.05) is 38.3 Å². The summed E-state index contributed by atoms with van der Waals surface area (Å²) in [6, 6.07) is 1.49. The maximum absolute atomic E-state index is 11.9. The van der Waals surface area contributed by atoms with Crippen molar-refractivity contribution < 1.29 is 13.2 Å². The zero-order valence-electron chi connectivity index (χ0n) is 13.8. The Labute approximate surface area is 134 Å². The number of nitrogens with zero attached hydrogens (tertiary/aromatic N) is 1. The first-order valence-electron chi connectivity index (χ1n) is 8.74. The highest BCUT2D eigenvalue weighted by molar-refractivity contribution is 7.92. The van der Waals surface area contributed by atoms with Crippen molar-refractivity contribution >= 4 is 9.84 Å². The molecule has 3 fully saturated rings. The molecule has 0 aromatic heterocycles. The molecular weight excluding hydrogens is 300 g/mol. The molecule has 1 N–H and O–H groups in total. The van der Waals surface area contributed by atoms with Gasteiger partial charge in [-0.05, 0) is 39.0 Å². The lowest BCUT2D eigenvalue weighted by molar-refractivity contribution is 0.0971. The lowest BCUT2D eigenvalue weighted by atomic mass is 10.0. The standard InChI is InChI=1S/C16H30N2O3S/c1-12-10-13(7-9-22(12,19)20)17-15-4-3-5-16(15)18-8-6-14(11-18)21-2/h12-17H,3-11H2,1-2H3/t12?,13?,14?,15-,16+/m0/s1. The molecule has 0 bridgehead atoms. The van der Waals surface area contributed by atoms with E-state index in [2.05, 4.69) is 10.2 Å². The van der Waals surface area contributed by atoms with Gasteiger partial charge in [0.1, 0.15) is 0 Å². The van der Waals surface area contributed by atoms with Gasteiger partial charge in [-0.15, -0.1) is 0 Å². The summed E-state index contributed by atoms with van der Waals surface area (Å²) in [6.07, 6.45) is 6.82. The summed E-state index contributed by atoms with van der Waals surface area (Å²) >= 11 is 0. The fraction of sp³-hybridized carbons (Fsp3) is 1.00. The number of sulfone groups is 1. The molecule has 128 valence electrons. The number of likely N-dealkylation sites (tertiary alicyclic amines) is 1. The Hall–Kier alpha value is -0.170. The number of hydrogen-bond acceptors (Lipinski definition) is 5. The van der Waals surface area contributed by atoms with Gasteiger partial charge >= 0.3 is 0 Å². The van der Waals surface area contributed by atoms with Crippen LogP contribution >= 0.6 is 0 Å². The number of ether oxygens (including phenoxy) is 1. The molecule has 1 saturated carbocycles. The molecule has 22 heavy (non-hydrogen) atoms. The molecule has 2 heterocycles. The average Bonchev–Trinajstić information content (AvgIpc) is 3.11. The van der Waals surface area contributed by atoms with E-state index in [9.17, 15) is 8.42 Å². The van der Waals surface area contributed by atoms with Crippen LogP contribution in [0.4, 0.5) is 0 Å². The molecule has 3 aliphatic rings. The molecule has 0 aromatic carbocycles. The van der Waals surface area contributed by atoms with Crippen molar-refractivity contribution in [2.24, 2.45) is 0 Å². The quantitative estimate of drug-likeness (QED) is 0.839. The van der Waals surface area contributed by atoms with Crippen LogP contribution in [0.25, 0.3) is 0 Å². The SMILES string of the molecule is COC1CCN([C@@H]2CCC[C@@H]2NC2CCS(=O)(=O)C(C)C2)C1. The second-order valence-corrected chi connectivity index (χ2v) is 9.85. The van der Waals surface area contributed by atoms with Crippen molar-refractivity contribution in [3.05, 3.63) is 0 Å². The Morgan fingerprint density at radius 1 is 1.18 bits per heavy atom. The fourth-order valence-electron chi connectivity index (χ4n) is 4.45. The Kier molecular flexibility index (Phi) is 5.12. The normalized spacial score (nSPS) is 42.7. The van der Waals surface area contributed by atoms with Crippen molar-refractivity contribution in [2.75, 3.05) is 26.0 Å². The third-order valence-electron chi connectivity index (χ3n) is 5.89. The zero-order valence-corrected chi connectivity index (χ0v) is 14.6. The van der Waals surface area contributed by atoms with Crippen LogP contribution in [0.1, 0.15) is 45.4 Å². The molecule has 5 nitrogen and oxygen atoms in total. The Balaban J connectivity index is 1.56. The second kappa shape index (κ2) is 6.75. The van der Waals surface area contributed by atoms with Gasteiger partial charge in [0.05, 0.1) is 17.1 Å². The highest BCUT2D eigenvalue weighted by Crippen LogP contribution is 2.30. The van der Waals surface area contributed by atoms with Gasteiger partial charge in [0.15, 0.2) is 9.84 Å².